The number of halogens is 2. The molecule has 28 heavy (non-hydrogen) atoms. The zero-order valence-corrected chi connectivity index (χ0v) is 15.2. The molecule has 0 aliphatic carbocycles. The molecule has 0 bridgehead atoms. The number of para-hydroxylation sites is 1. The summed E-state index contributed by atoms with van der Waals surface area (Å²) in [6.07, 6.45) is 0. The maximum absolute atomic E-state index is 12.4. The summed E-state index contributed by atoms with van der Waals surface area (Å²) in [5.41, 5.74) is 1.27. The molecule has 0 radical (unpaired) electrons. The molecule has 0 unspecified atom stereocenters. The number of benzene rings is 2. The zero-order valence-electron chi connectivity index (χ0n) is 15.2. The first-order chi connectivity index (χ1) is 13.5. The molecule has 1 aliphatic rings. The van der Waals surface area contributed by atoms with E-state index in [1.165, 1.54) is 24.3 Å². The summed E-state index contributed by atoms with van der Waals surface area (Å²) >= 11 is 0. The van der Waals surface area contributed by atoms with Gasteiger partial charge in [0, 0.05) is 37.4 Å². The Hall–Kier alpha value is -3.16. The highest BCUT2D eigenvalue weighted by Gasteiger charge is 2.21. The SMILES string of the molecule is O=C(NCC(=O)N1CCN(c2ccccc2)CC1)c1cccc(OC(F)F)c1. The summed E-state index contributed by atoms with van der Waals surface area (Å²) in [7, 11) is 0. The number of rotatable bonds is 6. The molecule has 1 saturated heterocycles. The largest absolute Gasteiger partial charge is 0.435 e. The molecular formula is C20H21F2N3O3. The number of nitrogens with one attached hydrogen (secondary N) is 1. The molecule has 8 heteroatoms. The fourth-order valence-corrected chi connectivity index (χ4v) is 3.04. The Balaban J connectivity index is 1.47. The van der Waals surface area contributed by atoms with Gasteiger partial charge in [0.05, 0.1) is 6.54 Å². The highest BCUT2D eigenvalue weighted by Crippen LogP contribution is 2.17. The van der Waals surface area contributed by atoms with E-state index in [1.807, 2.05) is 30.3 Å². The highest BCUT2D eigenvalue weighted by molar-refractivity contribution is 5.96. The van der Waals surface area contributed by atoms with E-state index in [1.54, 1.807) is 4.90 Å². The van der Waals surface area contributed by atoms with Crippen LogP contribution < -0.4 is 15.0 Å². The van der Waals surface area contributed by atoms with E-state index in [4.69, 9.17) is 0 Å². The minimum Gasteiger partial charge on any atom is -0.435 e. The van der Waals surface area contributed by atoms with Gasteiger partial charge in [0.1, 0.15) is 5.75 Å². The minimum atomic E-state index is -2.96. The number of nitrogens with zero attached hydrogens (tertiary/aromatic N) is 2. The van der Waals surface area contributed by atoms with Gasteiger partial charge in [0.15, 0.2) is 0 Å². The Labute approximate surface area is 161 Å². The Morgan fingerprint density at radius 3 is 2.39 bits per heavy atom. The van der Waals surface area contributed by atoms with Crippen LogP contribution in [-0.2, 0) is 4.79 Å². The molecule has 0 aromatic heterocycles. The maximum atomic E-state index is 12.4. The molecular weight excluding hydrogens is 368 g/mol. The van der Waals surface area contributed by atoms with E-state index in [0.717, 1.165) is 18.8 Å². The van der Waals surface area contributed by atoms with Gasteiger partial charge >= 0.3 is 6.61 Å². The van der Waals surface area contributed by atoms with Gasteiger partial charge < -0.3 is 19.9 Å². The van der Waals surface area contributed by atoms with Crippen molar-refractivity contribution in [3.63, 3.8) is 0 Å². The molecule has 1 N–H and O–H groups in total. The van der Waals surface area contributed by atoms with E-state index in [-0.39, 0.29) is 23.8 Å². The van der Waals surface area contributed by atoms with Gasteiger partial charge in [0.25, 0.3) is 5.91 Å². The zero-order chi connectivity index (χ0) is 19.9. The number of ether oxygens (including phenoxy) is 1. The lowest BCUT2D eigenvalue weighted by molar-refractivity contribution is -0.130. The molecule has 0 atom stereocenters. The number of hydrogen-bond acceptors (Lipinski definition) is 4. The van der Waals surface area contributed by atoms with Crippen molar-refractivity contribution in [2.45, 2.75) is 6.61 Å². The van der Waals surface area contributed by atoms with Crippen molar-refractivity contribution >= 4 is 17.5 Å². The van der Waals surface area contributed by atoms with Crippen LogP contribution in [0.3, 0.4) is 0 Å². The first kappa shape index (κ1) is 19.6. The third kappa shape index (κ3) is 5.18. The highest BCUT2D eigenvalue weighted by atomic mass is 19.3. The third-order valence-corrected chi connectivity index (χ3v) is 4.48. The molecule has 6 nitrogen and oxygen atoms in total. The third-order valence-electron chi connectivity index (χ3n) is 4.48. The van der Waals surface area contributed by atoms with E-state index in [2.05, 4.69) is 15.0 Å². The summed E-state index contributed by atoms with van der Waals surface area (Å²) in [5.74, 6) is -0.803. The number of piperazine rings is 1. The fraction of sp³-hybridized carbons (Fsp3) is 0.300. The standard InChI is InChI=1S/C20H21F2N3O3/c21-20(22)28-17-8-4-5-15(13-17)19(27)23-14-18(26)25-11-9-24(10-12-25)16-6-2-1-3-7-16/h1-8,13,20H,9-12,14H2,(H,23,27). The van der Waals surface area contributed by atoms with Crippen LogP contribution in [0.25, 0.3) is 0 Å². The summed E-state index contributed by atoms with van der Waals surface area (Å²) < 4.78 is 28.8. The number of amides is 2. The average molecular weight is 389 g/mol. The van der Waals surface area contributed by atoms with Crippen LogP contribution in [0.1, 0.15) is 10.4 Å². The predicted octanol–water partition coefficient (Wildman–Crippen LogP) is 2.37. The van der Waals surface area contributed by atoms with Gasteiger partial charge in [-0.25, -0.2) is 0 Å². The van der Waals surface area contributed by atoms with Gasteiger partial charge in [-0.15, -0.1) is 0 Å². The van der Waals surface area contributed by atoms with E-state index < -0.39 is 12.5 Å². The second kappa shape index (κ2) is 9.16. The van der Waals surface area contributed by atoms with E-state index in [0.29, 0.717) is 13.1 Å². The molecule has 3 rings (SSSR count). The van der Waals surface area contributed by atoms with Gasteiger partial charge in [0.2, 0.25) is 5.91 Å². The molecule has 2 aromatic rings. The number of alkyl halides is 2. The molecule has 1 heterocycles. The summed E-state index contributed by atoms with van der Waals surface area (Å²) in [4.78, 5) is 28.4. The Morgan fingerprint density at radius 2 is 1.71 bits per heavy atom. The van der Waals surface area contributed by atoms with Gasteiger partial charge in [-0.1, -0.05) is 24.3 Å². The second-order valence-electron chi connectivity index (χ2n) is 6.29. The monoisotopic (exact) mass is 389 g/mol. The Kier molecular flexibility index (Phi) is 6.41. The van der Waals surface area contributed by atoms with Crippen LogP contribution in [0.4, 0.5) is 14.5 Å². The van der Waals surface area contributed by atoms with Crippen LogP contribution in [0, 0.1) is 0 Å². The van der Waals surface area contributed by atoms with Gasteiger partial charge in [-0.05, 0) is 30.3 Å². The van der Waals surface area contributed by atoms with Crippen molar-refractivity contribution in [2.75, 3.05) is 37.6 Å². The number of anilines is 1. The normalized spacial score (nSPS) is 14.1. The average Bonchev–Trinajstić information content (AvgIpc) is 2.72. The molecule has 1 aliphatic heterocycles. The van der Waals surface area contributed by atoms with Gasteiger partial charge in [-0.2, -0.15) is 8.78 Å². The van der Waals surface area contributed by atoms with Crippen molar-refractivity contribution in [3.8, 4) is 5.75 Å². The molecule has 2 amide bonds. The topological polar surface area (TPSA) is 61.9 Å². The first-order valence-corrected chi connectivity index (χ1v) is 8.94. The molecule has 0 spiro atoms. The van der Waals surface area contributed by atoms with Crippen LogP contribution in [0.15, 0.2) is 54.6 Å². The van der Waals surface area contributed by atoms with E-state index in [9.17, 15) is 18.4 Å². The molecule has 148 valence electrons. The maximum Gasteiger partial charge on any atom is 0.387 e. The smallest absolute Gasteiger partial charge is 0.387 e. The number of carbonyl (C=O) groups excluding carboxylic acids is 2. The lowest BCUT2D eigenvalue weighted by Gasteiger charge is -2.36. The Morgan fingerprint density at radius 1 is 1.00 bits per heavy atom. The number of hydrogen-bond donors (Lipinski definition) is 1. The van der Waals surface area contributed by atoms with Crippen LogP contribution >= 0.6 is 0 Å². The van der Waals surface area contributed by atoms with Crippen molar-refractivity contribution in [3.05, 3.63) is 60.2 Å². The lowest BCUT2D eigenvalue weighted by atomic mass is 10.2. The summed E-state index contributed by atoms with van der Waals surface area (Å²) in [5, 5.41) is 2.53. The van der Waals surface area contributed by atoms with Crippen molar-refractivity contribution in [2.24, 2.45) is 0 Å². The van der Waals surface area contributed by atoms with Crippen molar-refractivity contribution in [1.29, 1.82) is 0 Å². The van der Waals surface area contributed by atoms with Gasteiger partial charge in [-0.3, -0.25) is 9.59 Å². The van der Waals surface area contributed by atoms with Crippen LogP contribution in [-0.4, -0.2) is 56.0 Å². The molecule has 2 aromatic carbocycles. The Bertz CT molecular complexity index is 809. The van der Waals surface area contributed by atoms with Crippen LogP contribution in [0.2, 0.25) is 0 Å². The van der Waals surface area contributed by atoms with Crippen molar-refractivity contribution in [1.82, 2.24) is 10.2 Å². The quantitative estimate of drug-likeness (QED) is 0.824. The first-order valence-electron chi connectivity index (χ1n) is 8.94. The molecule has 1 fully saturated rings. The van der Waals surface area contributed by atoms with E-state index >= 15 is 0 Å². The summed E-state index contributed by atoms with van der Waals surface area (Å²) in [6, 6.07) is 15.4. The fourth-order valence-electron chi connectivity index (χ4n) is 3.04. The lowest BCUT2D eigenvalue weighted by Crippen LogP contribution is -2.51. The summed E-state index contributed by atoms with van der Waals surface area (Å²) in [6.45, 7) is -0.533. The predicted molar refractivity (Wildman–Crippen MR) is 101 cm³/mol. The van der Waals surface area contributed by atoms with Crippen molar-refractivity contribution < 1.29 is 23.1 Å². The molecule has 0 saturated carbocycles. The minimum absolute atomic E-state index is 0.106. The number of carbonyl (C=O) groups is 2. The second-order valence-corrected chi connectivity index (χ2v) is 6.29. The van der Waals surface area contributed by atoms with Crippen LogP contribution in [0.5, 0.6) is 5.75 Å².